The lowest BCUT2D eigenvalue weighted by Crippen LogP contribution is -2.34. The molecule has 2 aromatic rings. The van der Waals surface area contributed by atoms with Gasteiger partial charge in [-0.2, -0.15) is 5.10 Å². The summed E-state index contributed by atoms with van der Waals surface area (Å²) < 4.78 is 1.81. The molecule has 0 amide bonds. The van der Waals surface area contributed by atoms with Gasteiger partial charge in [-0.25, -0.2) is 0 Å². The van der Waals surface area contributed by atoms with Gasteiger partial charge in [0.1, 0.15) is 5.35 Å². The highest BCUT2D eigenvalue weighted by molar-refractivity contribution is 5.87. The third kappa shape index (κ3) is 2.54. The molecule has 0 fully saturated rings. The van der Waals surface area contributed by atoms with Crippen LogP contribution >= 0.6 is 0 Å². The average molecular weight is 255 g/mol. The van der Waals surface area contributed by atoms with Crippen LogP contribution < -0.4 is 16.4 Å². The molecule has 0 saturated heterocycles. The zero-order valence-corrected chi connectivity index (χ0v) is 11.4. The number of nitrogens with two attached hydrogens (primary N) is 1. The number of nitrogens with zero attached hydrogens (tertiary/aromatic N) is 4. The second kappa shape index (κ2) is 5.06. The lowest BCUT2D eigenvalue weighted by molar-refractivity contribution is 0.740. The first kappa shape index (κ1) is 13.0. The fraction of sp³-hybridized carbons (Fsp3) is 0.214. The van der Waals surface area contributed by atoms with Crippen molar-refractivity contribution < 1.29 is 0 Å². The SMILES string of the molecule is C=C(/C=c1/nccn/c1=C(\C)N)c1cnn(C)c1C. The Bertz CT molecular complexity index is 735. The van der Waals surface area contributed by atoms with Crippen LogP contribution in [0, 0.1) is 6.92 Å². The summed E-state index contributed by atoms with van der Waals surface area (Å²) >= 11 is 0. The summed E-state index contributed by atoms with van der Waals surface area (Å²) in [6.07, 6.45) is 6.94. The van der Waals surface area contributed by atoms with E-state index in [9.17, 15) is 0 Å². The van der Waals surface area contributed by atoms with Crippen molar-refractivity contribution in [3.63, 3.8) is 0 Å². The molecule has 0 atom stereocenters. The van der Waals surface area contributed by atoms with Crippen LogP contribution in [0.4, 0.5) is 0 Å². The molecule has 2 heterocycles. The first-order chi connectivity index (χ1) is 9.00. The predicted octanol–water partition coefficient (Wildman–Crippen LogP) is 0.0992. The molecule has 0 unspecified atom stereocenters. The van der Waals surface area contributed by atoms with E-state index >= 15 is 0 Å². The molecule has 0 radical (unpaired) electrons. The minimum Gasteiger partial charge on any atom is -0.400 e. The van der Waals surface area contributed by atoms with Crippen molar-refractivity contribution in [3.8, 4) is 0 Å². The van der Waals surface area contributed by atoms with Crippen LogP contribution in [-0.2, 0) is 7.05 Å². The molecular formula is C14H17N5. The maximum atomic E-state index is 5.81. The molecule has 5 nitrogen and oxygen atoms in total. The van der Waals surface area contributed by atoms with Crippen molar-refractivity contribution >= 4 is 17.3 Å². The Morgan fingerprint density at radius 1 is 1.37 bits per heavy atom. The van der Waals surface area contributed by atoms with E-state index in [0.717, 1.165) is 22.2 Å². The molecular weight excluding hydrogens is 238 g/mol. The van der Waals surface area contributed by atoms with Gasteiger partial charge in [-0.1, -0.05) is 6.58 Å². The molecule has 0 bridgehead atoms. The van der Waals surface area contributed by atoms with E-state index in [2.05, 4.69) is 21.6 Å². The van der Waals surface area contributed by atoms with Gasteiger partial charge in [-0.05, 0) is 25.5 Å². The Balaban J connectivity index is 2.58. The number of hydrogen-bond donors (Lipinski definition) is 1. The van der Waals surface area contributed by atoms with E-state index in [1.807, 2.05) is 24.7 Å². The molecule has 0 aliphatic carbocycles. The van der Waals surface area contributed by atoms with Gasteiger partial charge in [0.05, 0.1) is 11.5 Å². The van der Waals surface area contributed by atoms with Crippen molar-refractivity contribution in [2.24, 2.45) is 12.8 Å². The molecule has 2 N–H and O–H groups in total. The standard InChI is InChI=1S/C14H17N5/c1-9(12-8-18-19(4)11(12)3)7-13-14(10(2)15)17-6-5-16-13/h5-8H,1,15H2,2-4H3/b13-7+,14-10+. The molecule has 0 aromatic carbocycles. The van der Waals surface area contributed by atoms with Crippen LogP contribution in [0.1, 0.15) is 18.2 Å². The summed E-state index contributed by atoms with van der Waals surface area (Å²) in [5.41, 5.74) is 9.34. The smallest absolute Gasteiger partial charge is 0.107 e. The molecule has 2 rings (SSSR count). The average Bonchev–Trinajstić information content (AvgIpc) is 2.70. The van der Waals surface area contributed by atoms with Crippen molar-refractivity contribution in [2.75, 3.05) is 0 Å². The largest absolute Gasteiger partial charge is 0.400 e. The predicted molar refractivity (Wildman–Crippen MR) is 76.0 cm³/mol. The maximum absolute atomic E-state index is 5.81. The second-order valence-corrected chi connectivity index (χ2v) is 4.41. The van der Waals surface area contributed by atoms with Gasteiger partial charge >= 0.3 is 0 Å². The van der Waals surface area contributed by atoms with E-state index < -0.39 is 0 Å². The van der Waals surface area contributed by atoms with Crippen LogP contribution in [0.5, 0.6) is 0 Å². The van der Waals surface area contributed by atoms with Crippen LogP contribution in [0.25, 0.3) is 17.3 Å². The second-order valence-electron chi connectivity index (χ2n) is 4.41. The maximum Gasteiger partial charge on any atom is 0.107 e. The zero-order valence-electron chi connectivity index (χ0n) is 11.4. The Morgan fingerprint density at radius 3 is 2.63 bits per heavy atom. The summed E-state index contributed by atoms with van der Waals surface area (Å²) in [6, 6.07) is 0. The van der Waals surface area contributed by atoms with Gasteiger partial charge in [-0.3, -0.25) is 14.6 Å². The summed E-state index contributed by atoms with van der Waals surface area (Å²) in [7, 11) is 1.90. The van der Waals surface area contributed by atoms with Crippen LogP contribution in [0.2, 0.25) is 0 Å². The third-order valence-electron chi connectivity index (χ3n) is 2.99. The van der Waals surface area contributed by atoms with E-state index in [0.29, 0.717) is 11.0 Å². The topological polar surface area (TPSA) is 69.6 Å². The quantitative estimate of drug-likeness (QED) is 0.826. The summed E-state index contributed by atoms with van der Waals surface area (Å²) in [5.74, 6) is 0. The molecule has 0 spiro atoms. The van der Waals surface area contributed by atoms with Crippen molar-refractivity contribution in [2.45, 2.75) is 13.8 Å². The monoisotopic (exact) mass is 255 g/mol. The van der Waals surface area contributed by atoms with Gasteiger partial charge in [0.2, 0.25) is 0 Å². The van der Waals surface area contributed by atoms with Crippen molar-refractivity contribution in [1.29, 1.82) is 0 Å². The minimum atomic E-state index is 0.634. The third-order valence-corrected chi connectivity index (χ3v) is 2.99. The molecule has 98 valence electrons. The highest BCUT2D eigenvalue weighted by Crippen LogP contribution is 2.16. The fourth-order valence-electron chi connectivity index (χ4n) is 1.81. The lowest BCUT2D eigenvalue weighted by atomic mass is 10.1. The van der Waals surface area contributed by atoms with Crippen molar-refractivity contribution in [3.05, 3.63) is 47.1 Å². The summed E-state index contributed by atoms with van der Waals surface area (Å²) in [4.78, 5) is 8.53. The van der Waals surface area contributed by atoms with Gasteiger partial charge in [0.15, 0.2) is 0 Å². The number of aryl methyl sites for hydroxylation is 1. The fourth-order valence-corrected chi connectivity index (χ4v) is 1.81. The molecule has 2 aromatic heterocycles. The highest BCUT2D eigenvalue weighted by atomic mass is 15.3. The van der Waals surface area contributed by atoms with Gasteiger partial charge in [-0.15, -0.1) is 0 Å². The zero-order chi connectivity index (χ0) is 14.0. The Morgan fingerprint density at radius 2 is 2.05 bits per heavy atom. The minimum absolute atomic E-state index is 0.634. The molecule has 0 aliphatic rings. The van der Waals surface area contributed by atoms with Gasteiger partial charge in [0, 0.05) is 36.4 Å². The van der Waals surface area contributed by atoms with Crippen LogP contribution in [-0.4, -0.2) is 19.7 Å². The number of rotatable bonds is 2. The van der Waals surface area contributed by atoms with E-state index in [1.165, 1.54) is 0 Å². The van der Waals surface area contributed by atoms with Gasteiger partial charge in [0.25, 0.3) is 0 Å². The van der Waals surface area contributed by atoms with E-state index in [4.69, 9.17) is 5.73 Å². The molecule has 0 aliphatic heterocycles. The summed E-state index contributed by atoms with van der Waals surface area (Å²) in [5, 5.41) is 5.61. The first-order valence-electron chi connectivity index (χ1n) is 5.93. The summed E-state index contributed by atoms with van der Waals surface area (Å²) in [6.45, 7) is 7.87. The van der Waals surface area contributed by atoms with Crippen molar-refractivity contribution in [1.82, 2.24) is 19.7 Å². The number of hydrogen-bond acceptors (Lipinski definition) is 4. The first-order valence-corrected chi connectivity index (χ1v) is 5.93. The number of allylic oxidation sites excluding steroid dienone is 1. The van der Waals surface area contributed by atoms with Crippen LogP contribution in [0.3, 0.4) is 0 Å². The van der Waals surface area contributed by atoms with E-state index in [-0.39, 0.29) is 0 Å². The van der Waals surface area contributed by atoms with Crippen LogP contribution in [0.15, 0.2) is 25.2 Å². The normalized spacial score (nSPS) is 13.5. The molecule has 5 heteroatoms. The lowest BCUT2D eigenvalue weighted by Gasteiger charge is -2.00. The number of aromatic nitrogens is 4. The Labute approximate surface area is 111 Å². The van der Waals surface area contributed by atoms with Gasteiger partial charge < -0.3 is 5.73 Å². The van der Waals surface area contributed by atoms with E-state index in [1.54, 1.807) is 25.5 Å². The Kier molecular flexibility index (Phi) is 3.46. The Hall–Kier alpha value is -2.43. The molecule has 0 saturated carbocycles. The molecule has 19 heavy (non-hydrogen) atoms. The highest BCUT2D eigenvalue weighted by Gasteiger charge is 2.05.